The highest BCUT2D eigenvalue weighted by Gasteiger charge is 2.29. The van der Waals surface area contributed by atoms with Crippen molar-refractivity contribution < 1.29 is 8.83 Å². The summed E-state index contributed by atoms with van der Waals surface area (Å²) in [7, 11) is 0. The zero-order chi connectivity index (χ0) is 49.4. The minimum Gasteiger partial charge on any atom is -0.436 e. The van der Waals surface area contributed by atoms with E-state index in [1.54, 1.807) is 0 Å². The Kier molecular flexibility index (Phi) is 9.95. The van der Waals surface area contributed by atoms with Gasteiger partial charge in [0, 0.05) is 33.5 Å². The molecule has 1 aliphatic rings. The van der Waals surface area contributed by atoms with Crippen LogP contribution in [-0.2, 0) is 6.42 Å². The van der Waals surface area contributed by atoms with E-state index in [2.05, 4.69) is 211 Å². The Morgan fingerprint density at radius 1 is 0.333 bits per heavy atom. The van der Waals surface area contributed by atoms with Gasteiger partial charge in [0.05, 0.1) is 11.0 Å². The lowest BCUT2D eigenvalue weighted by atomic mass is 9.89. The van der Waals surface area contributed by atoms with Crippen LogP contribution < -0.4 is 0 Å². The summed E-state index contributed by atoms with van der Waals surface area (Å²) >= 11 is 0. The number of oxazole rings is 2. The molecule has 0 saturated heterocycles. The third-order valence-electron chi connectivity index (χ3n) is 15.3. The van der Waals surface area contributed by atoms with Gasteiger partial charge in [0.15, 0.2) is 11.2 Å². The third-order valence-corrected chi connectivity index (χ3v) is 15.3. The highest BCUT2D eigenvalue weighted by Crippen LogP contribution is 2.48. The van der Waals surface area contributed by atoms with Crippen LogP contribution >= 0.6 is 0 Å². The fourth-order valence-electron chi connectivity index (χ4n) is 11.5. The molecular weight excluding hydrogens is 915 g/mol. The van der Waals surface area contributed by atoms with Crippen LogP contribution in [0.4, 0.5) is 0 Å². The van der Waals surface area contributed by atoms with E-state index in [0.29, 0.717) is 11.8 Å². The minimum atomic E-state index is 0.286. The maximum atomic E-state index is 6.05. The van der Waals surface area contributed by atoms with E-state index in [1.165, 1.54) is 88.6 Å². The number of hydrogen-bond acceptors (Lipinski definition) is 4. The van der Waals surface area contributed by atoms with Crippen molar-refractivity contribution in [1.29, 1.82) is 0 Å². The van der Waals surface area contributed by atoms with E-state index in [4.69, 9.17) is 18.8 Å². The van der Waals surface area contributed by atoms with Gasteiger partial charge in [0.25, 0.3) is 0 Å². The quantitative estimate of drug-likeness (QED) is 0.145. The maximum absolute atomic E-state index is 6.05. The van der Waals surface area contributed by atoms with Gasteiger partial charge in [0.2, 0.25) is 11.8 Å². The fraction of sp³-hybridized carbons (Fsp3) is 0.0286. The molecule has 14 aromatic rings. The molecule has 15 rings (SSSR count). The molecule has 0 spiro atoms. The smallest absolute Gasteiger partial charge is 0.227 e. The molecule has 0 saturated carbocycles. The van der Waals surface area contributed by atoms with Gasteiger partial charge in [-0.3, -0.25) is 0 Å². The third kappa shape index (κ3) is 7.47. The number of hydrogen-bond donors (Lipinski definition) is 0. The first-order valence-corrected chi connectivity index (χ1v) is 25.6. The van der Waals surface area contributed by atoms with E-state index in [1.807, 2.05) is 48.5 Å². The molecule has 1 atom stereocenters. The number of para-hydroxylation sites is 5. The molecular formula is C70H45N3O2. The van der Waals surface area contributed by atoms with E-state index >= 15 is 0 Å². The summed E-state index contributed by atoms with van der Waals surface area (Å²) in [4.78, 5) is 9.40. The van der Waals surface area contributed by atoms with Gasteiger partial charge in [0.1, 0.15) is 11.0 Å². The number of aromatic nitrogens is 3. The molecule has 0 aliphatic heterocycles. The number of nitrogens with zero attached hydrogens (tertiary/aromatic N) is 3. The lowest BCUT2D eigenvalue weighted by Crippen LogP contribution is -2.01. The van der Waals surface area contributed by atoms with Crippen LogP contribution in [-0.4, -0.2) is 14.5 Å². The van der Waals surface area contributed by atoms with Gasteiger partial charge >= 0.3 is 0 Å². The Bertz CT molecular complexity index is 4400. The Morgan fingerprint density at radius 3 is 1.39 bits per heavy atom. The first-order chi connectivity index (χ1) is 37.1. The van der Waals surface area contributed by atoms with Gasteiger partial charge in [-0.25, -0.2) is 9.97 Å². The molecule has 0 fully saturated rings. The number of benzene rings is 11. The van der Waals surface area contributed by atoms with Crippen molar-refractivity contribution in [1.82, 2.24) is 14.5 Å². The Hall–Kier alpha value is -9.84. The molecule has 352 valence electrons. The Labute approximate surface area is 433 Å². The minimum absolute atomic E-state index is 0.286. The maximum Gasteiger partial charge on any atom is 0.227 e. The molecule has 0 amide bonds. The molecule has 1 unspecified atom stereocenters. The number of rotatable bonds is 9. The van der Waals surface area contributed by atoms with Crippen LogP contribution in [0.25, 0.3) is 128 Å². The van der Waals surface area contributed by atoms with Crippen LogP contribution in [0.3, 0.4) is 0 Å². The van der Waals surface area contributed by atoms with Gasteiger partial charge < -0.3 is 13.4 Å². The Balaban J connectivity index is 0.644. The monoisotopic (exact) mass is 959 g/mol. The lowest BCUT2D eigenvalue weighted by molar-refractivity contribution is 0.619. The van der Waals surface area contributed by atoms with E-state index in [-0.39, 0.29) is 5.92 Å². The van der Waals surface area contributed by atoms with E-state index < -0.39 is 0 Å². The molecule has 0 bridgehead atoms. The van der Waals surface area contributed by atoms with Gasteiger partial charge in [-0.15, -0.1) is 0 Å². The lowest BCUT2D eigenvalue weighted by Gasteiger charge is -2.15. The summed E-state index contributed by atoms with van der Waals surface area (Å²) in [6.07, 6.45) is 0.936. The zero-order valence-electron chi connectivity index (χ0n) is 40.7. The van der Waals surface area contributed by atoms with Crippen molar-refractivity contribution in [3.63, 3.8) is 0 Å². The molecule has 3 heterocycles. The highest BCUT2D eigenvalue weighted by atomic mass is 16.4. The average molecular weight is 960 g/mol. The summed E-state index contributed by atoms with van der Waals surface area (Å²) in [5.74, 6) is 1.56. The second kappa shape index (κ2) is 17.4. The van der Waals surface area contributed by atoms with Gasteiger partial charge in [-0.2, -0.15) is 0 Å². The van der Waals surface area contributed by atoms with Crippen LogP contribution in [0.5, 0.6) is 0 Å². The molecule has 3 aromatic heterocycles. The van der Waals surface area contributed by atoms with Crippen molar-refractivity contribution >= 4 is 44.0 Å². The average Bonchev–Trinajstić information content (AvgIpc) is 4.30. The molecule has 0 N–H and O–H groups in total. The first kappa shape index (κ1) is 42.8. The van der Waals surface area contributed by atoms with E-state index in [0.717, 1.165) is 51.0 Å². The van der Waals surface area contributed by atoms with Crippen molar-refractivity contribution in [2.24, 2.45) is 0 Å². The molecule has 11 aromatic carbocycles. The van der Waals surface area contributed by atoms with Crippen molar-refractivity contribution in [2.45, 2.75) is 12.3 Å². The van der Waals surface area contributed by atoms with Crippen LogP contribution in [0, 0.1) is 0 Å². The normalized spacial score (nSPS) is 13.0. The molecule has 5 heteroatoms. The van der Waals surface area contributed by atoms with Crippen LogP contribution in [0.1, 0.15) is 22.6 Å². The topological polar surface area (TPSA) is 57.0 Å². The highest BCUT2D eigenvalue weighted by molar-refractivity contribution is 6.10. The molecule has 75 heavy (non-hydrogen) atoms. The fourth-order valence-corrected chi connectivity index (χ4v) is 11.5. The summed E-state index contributed by atoms with van der Waals surface area (Å²) in [5, 5.41) is 2.45. The number of fused-ring (bicyclic) bond motifs is 8. The molecule has 0 radical (unpaired) electrons. The van der Waals surface area contributed by atoms with E-state index in [9.17, 15) is 0 Å². The molecule has 5 nitrogen and oxygen atoms in total. The second-order valence-corrected chi connectivity index (χ2v) is 19.7. The summed E-state index contributed by atoms with van der Waals surface area (Å²) in [5.41, 5.74) is 25.0. The SMILES string of the molecule is c1ccc2c(c1)-c1cc(-c3ccc(-c4nc5ccccc5o4)cc3)ccc1C2Cc1ccc(-c2ccc(-c3ccc(-n4c5ccccc5c5cc(-c6ccc(-c7nc8ccccc8o7)cc6)ccc54)cc3)cc2)cc1. The summed E-state index contributed by atoms with van der Waals surface area (Å²) < 4.78 is 14.5. The summed E-state index contributed by atoms with van der Waals surface area (Å²) in [6, 6.07) is 91.4. The summed E-state index contributed by atoms with van der Waals surface area (Å²) in [6.45, 7) is 0. The van der Waals surface area contributed by atoms with Crippen molar-refractivity contribution in [3.05, 3.63) is 271 Å². The first-order valence-electron chi connectivity index (χ1n) is 25.6. The van der Waals surface area contributed by atoms with Crippen LogP contribution in [0.2, 0.25) is 0 Å². The standard InChI is InChI=1S/C70H45N3O2/c1-2-10-57-56(9-1)60(58-39-35-53(42-61(57)58)49-25-29-51(30-26-49)69-71-63-12-4-7-15-67(63)74-69)41-44-17-19-45(20-18-44)46-21-23-47(24-22-46)48-33-37-55(38-34-48)73-65-14-6-3-11-59(65)62-43-54(36-40-66(62)73)50-27-31-52(32-28-50)70-72-64-13-5-8-16-68(64)75-70/h1-40,42-43,60H,41H2. The predicted molar refractivity (Wildman–Crippen MR) is 306 cm³/mol. The predicted octanol–water partition coefficient (Wildman–Crippen LogP) is 18.4. The zero-order valence-corrected chi connectivity index (χ0v) is 40.7. The van der Waals surface area contributed by atoms with Crippen molar-refractivity contribution in [3.8, 4) is 84.2 Å². The van der Waals surface area contributed by atoms with Gasteiger partial charge in [-0.05, 0) is 164 Å². The second-order valence-electron chi connectivity index (χ2n) is 19.7. The van der Waals surface area contributed by atoms with Crippen molar-refractivity contribution in [2.75, 3.05) is 0 Å². The molecule has 1 aliphatic carbocycles. The largest absolute Gasteiger partial charge is 0.436 e. The van der Waals surface area contributed by atoms with Crippen LogP contribution in [0.15, 0.2) is 264 Å². The Morgan fingerprint density at radius 2 is 0.773 bits per heavy atom. The van der Waals surface area contributed by atoms with Gasteiger partial charge in [-0.1, -0.05) is 170 Å².